The van der Waals surface area contributed by atoms with Crippen molar-refractivity contribution < 1.29 is 14.3 Å². The number of aromatic nitrogens is 2. The third-order valence-corrected chi connectivity index (χ3v) is 4.41. The molecule has 7 heteroatoms. The van der Waals surface area contributed by atoms with Crippen molar-refractivity contribution in [2.75, 3.05) is 0 Å². The van der Waals surface area contributed by atoms with Gasteiger partial charge in [-0.3, -0.25) is 19.0 Å². The lowest BCUT2D eigenvalue weighted by molar-refractivity contribution is -0.155. The summed E-state index contributed by atoms with van der Waals surface area (Å²) in [6, 6.07) is 7.08. The maximum atomic E-state index is 12.3. The summed E-state index contributed by atoms with van der Waals surface area (Å²) in [5.74, 6) is -0.947. The number of carbonyl (C=O) groups is 2. The van der Waals surface area contributed by atoms with Crippen LogP contribution in [0.2, 0.25) is 0 Å². The van der Waals surface area contributed by atoms with Crippen LogP contribution >= 0.6 is 0 Å². The van der Waals surface area contributed by atoms with Crippen molar-refractivity contribution in [2.24, 2.45) is 0 Å². The molecule has 1 heterocycles. The molecule has 1 fully saturated rings. The highest BCUT2D eigenvalue weighted by molar-refractivity contribution is 5.83. The minimum absolute atomic E-state index is 0.168. The van der Waals surface area contributed by atoms with Crippen molar-refractivity contribution in [3.63, 3.8) is 0 Å². The first-order valence-corrected chi connectivity index (χ1v) is 8.48. The Morgan fingerprint density at radius 3 is 2.80 bits per heavy atom. The van der Waals surface area contributed by atoms with E-state index in [4.69, 9.17) is 4.74 Å². The average molecular weight is 343 g/mol. The Morgan fingerprint density at radius 1 is 1.32 bits per heavy atom. The Kier molecular flexibility index (Phi) is 5.11. The van der Waals surface area contributed by atoms with Crippen LogP contribution in [-0.4, -0.2) is 33.6 Å². The van der Waals surface area contributed by atoms with Gasteiger partial charge in [0, 0.05) is 6.04 Å². The predicted molar refractivity (Wildman–Crippen MR) is 92.0 cm³/mol. The number of nitrogens with one attached hydrogen (secondary N) is 1. The summed E-state index contributed by atoms with van der Waals surface area (Å²) < 4.78 is 6.34. The number of para-hydroxylation sites is 1. The zero-order chi connectivity index (χ0) is 17.8. The zero-order valence-electron chi connectivity index (χ0n) is 14.1. The van der Waals surface area contributed by atoms with E-state index >= 15 is 0 Å². The second-order valence-electron chi connectivity index (χ2n) is 6.32. The fraction of sp³-hybridized carbons (Fsp3) is 0.444. The van der Waals surface area contributed by atoms with E-state index in [1.807, 2.05) is 0 Å². The van der Waals surface area contributed by atoms with Crippen LogP contribution < -0.4 is 10.9 Å². The summed E-state index contributed by atoms with van der Waals surface area (Å²) in [6.45, 7) is 1.25. The van der Waals surface area contributed by atoms with Gasteiger partial charge in [0.1, 0.15) is 6.54 Å². The van der Waals surface area contributed by atoms with Gasteiger partial charge in [0.15, 0.2) is 6.10 Å². The van der Waals surface area contributed by atoms with E-state index in [9.17, 15) is 14.4 Å². The van der Waals surface area contributed by atoms with Gasteiger partial charge in [-0.05, 0) is 31.9 Å². The van der Waals surface area contributed by atoms with Crippen LogP contribution in [0.25, 0.3) is 10.9 Å². The molecule has 0 bridgehead atoms. The summed E-state index contributed by atoms with van der Waals surface area (Å²) in [7, 11) is 0. The molecular weight excluding hydrogens is 322 g/mol. The number of hydrogen-bond donors (Lipinski definition) is 1. The van der Waals surface area contributed by atoms with Crippen molar-refractivity contribution in [1.82, 2.24) is 14.9 Å². The molecule has 1 N–H and O–H groups in total. The largest absolute Gasteiger partial charge is 0.451 e. The monoisotopic (exact) mass is 343 g/mol. The molecule has 7 nitrogen and oxygen atoms in total. The molecule has 1 aliphatic carbocycles. The molecule has 0 radical (unpaired) electrons. The first-order valence-electron chi connectivity index (χ1n) is 8.48. The van der Waals surface area contributed by atoms with E-state index in [0.29, 0.717) is 10.9 Å². The fourth-order valence-corrected chi connectivity index (χ4v) is 3.03. The molecule has 1 saturated carbocycles. The number of hydrogen-bond acceptors (Lipinski definition) is 5. The Morgan fingerprint density at radius 2 is 2.04 bits per heavy atom. The van der Waals surface area contributed by atoms with Crippen molar-refractivity contribution in [2.45, 2.75) is 51.3 Å². The molecular formula is C18H21N3O4. The quantitative estimate of drug-likeness (QED) is 0.829. The highest BCUT2D eigenvalue weighted by Gasteiger charge is 2.23. The fourth-order valence-electron chi connectivity index (χ4n) is 3.03. The number of amides is 1. The summed E-state index contributed by atoms with van der Waals surface area (Å²) >= 11 is 0. The van der Waals surface area contributed by atoms with Crippen LogP contribution in [0.5, 0.6) is 0 Å². The van der Waals surface area contributed by atoms with Crippen LogP contribution in [0, 0.1) is 0 Å². The molecule has 0 aliphatic heterocycles. The molecule has 132 valence electrons. The van der Waals surface area contributed by atoms with Crippen LogP contribution in [-0.2, 0) is 20.9 Å². The number of ether oxygens (including phenoxy) is 1. The molecule has 1 aromatic carbocycles. The number of esters is 1. The van der Waals surface area contributed by atoms with Gasteiger partial charge in [-0.1, -0.05) is 25.0 Å². The van der Waals surface area contributed by atoms with E-state index in [1.165, 1.54) is 17.8 Å². The van der Waals surface area contributed by atoms with Crippen LogP contribution in [0.15, 0.2) is 35.4 Å². The third kappa shape index (κ3) is 4.04. The summed E-state index contributed by atoms with van der Waals surface area (Å²) in [5.41, 5.74) is 0.257. The highest BCUT2D eigenvalue weighted by atomic mass is 16.5. The smallest absolute Gasteiger partial charge is 0.326 e. The van der Waals surface area contributed by atoms with E-state index < -0.39 is 12.1 Å². The lowest BCUT2D eigenvalue weighted by Gasteiger charge is -2.17. The van der Waals surface area contributed by atoms with Crippen molar-refractivity contribution >= 4 is 22.8 Å². The number of carbonyl (C=O) groups excluding carboxylic acids is 2. The predicted octanol–water partition coefficient (Wildman–Crippen LogP) is 1.39. The van der Waals surface area contributed by atoms with Gasteiger partial charge in [0.2, 0.25) is 0 Å². The summed E-state index contributed by atoms with van der Waals surface area (Å²) in [5, 5.41) is 3.32. The van der Waals surface area contributed by atoms with Gasteiger partial charge in [-0.25, -0.2) is 4.98 Å². The SMILES string of the molecule is CC(OC(=O)Cn1cnc2ccccc2c1=O)C(=O)NC1CCCC1. The molecule has 3 rings (SSSR count). The molecule has 1 unspecified atom stereocenters. The molecule has 0 spiro atoms. The van der Waals surface area contributed by atoms with Crippen LogP contribution in [0.1, 0.15) is 32.6 Å². The third-order valence-electron chi connectivity index (χ3n) is 4.41. The first-order chi connectivity index (χ1) is 12.0. The second kappa shape index (κ2) is 7.46. The number of nitrogens with zero attached hydrogens (tertiary/aromatic N) is 2. The number of benzene rings is 1. The molecule has 1 aliphatic rings. The lowest BCUT2D eigenvalue weighted by atomic mass is 10.2. The Bertz CT molecular complexity index is 840. The van der Waals surface area contributed by atoms with Crippen molar-refractivity contribution in [3.05, 3.63) is 40.9 Å². The van der Waals surface area contributed by atoms with Gasteiger partial charge in [-0.2, -0.15) is 0 Å². The summed E-state index contributed by atoms with van der Waals surface area (Å²) in [4.78, 5) is 40.6. The minimum atomic E-state index is -0.891. The van der Waals surface area contributed by atoms with Gasteiger partial charge >= 0.3 is 5.97 Å². The van der Waals surface area contributed by atoms with E-state index in [1.54, 1.807) is 24.3 Å². The van der Waals surface area contributed by atoms with Gasteiger partial charge in [0.05, 0.1) is 17.2 Å². The maximum Gasteiger partial charge on any atom is 0.326 e. The summed E-state index contributed by atoms with van der Waals surface area (Å²) in [6.07, 6.45) is 4.57. The van der Waals surface area contributed by atoms with E-state index in [0.717, 1.165) is 25.7 Å². The molecule has 1 aromatic heterocycles. The standard InChI is InChI=1S/C18H21N3O4/c1-12(17(23)20-13-6-2-3-7-13)25-16(22)10-21-11-19-15-9-5-4-8-14(15)18(21)24/h4-5,8-9,11-13H,2-3,6-7,10H2,1H3,(H,20,23). The normalized spacial score (nSPS) is 15.9. The minimum Gasteiger partial charge on any atom is -0.451 e. The molecule has 1 atom stereocenters. The molecule has 0 saturated heterocycles. The zero-order valence-corrected chi connectivity index (χ0v) is 14.1. The highest BCUT2D eigenvalue weighted by Crippen LogP contribution is 2.17. The van der Waals surface area contributed by atoms with Gasteiger partial charge in [0.25, 0.3) is 11.5 Å². The molecule has 2 aromatic rings. The molecule has 1 amide bonds. The molecule has 25 heavy (non-hydrogen) atoms. The van der Waals surface area contributed by atoms with Crippen LogP contribution in [0.3, 0.4) is 0 Å². The van der Waals surface area contributed by atoms with Crippen molar-refractivity contribution in [3.8, 4) is 0 Å². The lowest BCUT2D eigenvalue weighted by Crippen LogP contribution is -2.41. The Hall–Kier alpha value is -2.70. The van der Waals surface area contributed by atoms with Crippen LogP contribution in [0.4, 0.5) is 0 Å². The van der Waals surface area contributed by atoms with Gasteiger partial charge in [-0.15, -0.1) is 0 Å². The second-order valence-corrected chi connectivity index (χ2v) is 6.32. The average Bonchev–Trinajstić information content (AvgIpc) is 3.10. The number of fused-ring (bicyclic) bond motifs is 1. The van der Waals surface area contributed by atoms with Gasteiger partial charge < -0.3 is 10.1 Å². The van der Waals surface area contributed by atoms with E-state index in [2.05, 4.69) is 10.3 Å². The van der Waals surface area contributed by atoms with E-state index in [-0.39, 0.29) is 24.1 Å². The van der Waals surface area contributed by atoms with Crippen molar-refractivity contribution in [1.29, 1.82) is 0 Å². The number of rotatable bonds is 5. The first kappa shape index (κ1) is 17.1. The topological polar surface area (TPSA) is 90.3 Å². The Labute approximate surface area is 145 Å². The maximum absolute atomic E-state index is 12.3. The Balaban J connectivity index is 1.61.